The maximum atomic E-state index is 6.42. The maximum Gasteiger partial charge on any atom is 0.135 e. The third kappa shape index (κ3) is 4.19. The highest BCUT2D eigenvalue weighted by Crippen LogP contribution is 2.41. The van der Waals surface area contributed by atoms with E-state index in [9.17, 15) is 0 Å². The van der Waals surface area contributed by atoms with Crippen molar-refractivity contribution in [3.05, 3.63) is 182 Å². The van der Waals surface area contributed by atoms with Gasteiger partial charge in [-0.2, -0.15) is 0 Å². The third-order valence-electron chi connectivity index (χ3n) is 10.5. The van der Waals surface area contributed by atoms with Crippen molar-refractivity contribution in [3.63, 3.8) is 0 Å². The summed E-state index contributed by atoms with van der Waals surface area (Å²) in [7, 11) is 0. The molecular weight excluding hydrogens is 621 g/mol. The van der Waals surface area contributed by atoms with Gasteiger partial charge in [0.25, 0.3) is 0 Å². The Hall–Kier alpha value is -6.84. The lowest BCUT2D eigenvalue weighted by atomic mass is 9.93. The normalized spacial score (nSPS) is 11.9. The summed E-state index contributed by atoms with van der Waals surface area (Å²) >= 11 is 0. The minimum atomic E-state index is 0.889. The molecule has 0 spiro atoms. The molecule has 3 heterocycles. The summed E-state index contributed by atoms with van der Waals surface area (Å²) < 4.78 is 11.2. The minimum Gasteiger partial charge on any atom is -0.456 e. The Kier molecular flexibility index (Phi) is 5.96. The molecule has 3 heteroatoms. The molecule has 11 rings (SSSR count). The summed E-state index contributed by atoms with van der Waals surface area (Å²) in [6.07, 6.45) is 0. The fourth-order valence-corrected chi connectivity index (χ4v) is 8.25. The molecule has 0 saturated carbocycles. The Labute approximate surface area is 293 Å². The van der Waals surface area contributed by atoms with Crippen LogP contribution in [0, 0.1) is 0 Å². The Morgan fingerprint density at radius 2 is 0.745 bits per heavy atom. The van der Waals surface area contributed by atoms with Crippen LogP contribution in [0.1, 0.15) is 0 Å². The lowest BCUT2D eigenvalue weighted by molar-refractivity contribution is 0.669. The Morgan fingerprint density at radius 3 is 1.39 bits per heavy atom. The van der Waals surface area contributed by atoms with E-state index in [0.717, 1.165) is 33.2 Å². The van der Waals surface area contributed by atoms with E-state index in [0.29, 0.717) is 0 Å². The van der Waals surface area contributed by atoms with Crippen molar-refractivity contribution in [2.75, 3.05) is 0 Å². The van der Waals surface area contributed by atoms with E-state index in [-0.39, 0.29) is 0 Å². The smallest absolute Gasteiger partial charge is 0.135 e. The summed E-state index contributed by atoms with van der Waals surface area (Å²) in [6.45, 7) is 0. The lowest BCUT2D eigenvalue weighted by Gasteiger charge is -2.12. The maximum absolute atomic E-state index is 6.42. The van der Waals surface area contributed by atoms with E-state index in [1.807, 2.05) is 0 Å². The van der Waals surface area contributed by atoms with Gasteiger partial charge in [-0.15, -0.1) is 0 Å². The van der Waals surface area contributed by atoms with Crippen molar-refractivity contribution >= 4 is 65.6 Å². The first-order chi connectivity index (χ1) is 25.3. The molecule has 0 saturated heterocycles. The van der Waals surface area contributed by atoms with Gasteiger partial charge in [0, 0.05) is 43.7 Å². The average molecular weight is 651 g/mol. The average Bonchev–Trinajstić information content (AvgIpc) is 3.85. The van der Waals surface area contributed by atoms with Gasteiger partial charge in [-0.3, -0.25) is 0 Å². The molecule has 0 unspecified atom stereocenters. The molecule has 0 aliphatic carbocycles. The fourth-order valence-electron chi connectivity index (χ4n) is 8.25. The van der Waals surface area contributed by atoms with Crippen molar-refractivity contribution in [2.45, 2.75) is 0 Å². The number of para-hydroxylation sites is 4. The molecule has 3 aromatic heterocycles. The van der Waals surface area contributed by atoms with Gasteiger partial charge in [0.2, 0.25) is 0 Å². The number of aromatic nitrogens is 2. The molecular formula is C48H30N2O. The van der Waals surface area contributed by atoms with Crippen LogP contribution >= 0.6 is 0 Å². The zero-order chi connectivity index (χ0) is 33.5. The number of hydrogen-bond acceptors (Lipinski definition) is 1. The Morgan fingerprint density at radius 1 is 0.294 bits per heavy atom. The predicted octanol–water partition coefficient (Wildman–Crippen LogP) is 13.1. The van der Waals surface area contributed by atoms with Crippen LogP contribution in [-0.4, -0.2) is 9.13 Å². The molecule has 0 atom stereocenters. The van der Waals surface area contributed by atoms with E-state index in [4.69, 9.17) is 4.42 Å². The SMILES string of the molecule is c1ccc(-n2c3ccccc3c3cc(-c4ccccc4-c4ccc5oc6ccc(-n7c8ccccc8c8ccccc87)cc6c5c4)ccc32)cc1. The molecule has 8 aromatic carbocycles. The molecule has 0 aliphatic heterocycles. The van der Waals surface area contributed by atoms with Gasteiger partial charge in [-0.05, 0) is 95.1 Å². The quantitative estimate of drug-likeness (QED) is 0.186. The first kappa shape index (κ1) is 28.0. The number of fused-ring (bicyclic) bond motifs is 9. The van der Waals surface area contributed by atoms with Gasteiger partial charge in [0.05, 0.1) is 22.1 Å². The highest BCUT2D eigenvalue weighted by atomic mass is 16.3. The molecule has 0 radical (unpaired) electrons. The second-order valence-corrected chi connectivity index (χ2v) is 13.3. The summed E-state index contributed by atoms with van der Waals surface area (Å²) in [6, 6.07) is 65.5. The largest absolute Gasteiger partial charge is 0.456 e. The number of hydrogen-bond donors (Lipinski definition) is 0. The molecule has 11 aromatic rings. The number of rotatable bonds is 4. The zero-order valence-electron chi connectivity index (χ0n) is 27.6. The standard InChI is InChI=1S/C48H30N2O/c1-2-12-33(13-3-1)49-45-21-11-8-18-39(45)40-28-31(22-25-46(40)49)35-14-4-5-15-36(35)32-23-26-47-41(29-32)42-30-34(24-27-48(42)51-47)50-43-19-9-6-16-37(43)38-17-7-10-20-44(38)50/h1-30H. The Balaban J connectivity index is 1.08. The molecule has 0 aliphatic rings. The molecule has 0 bridgehead atoms. The van der Waals surface area contributed by atoms with E-state index >= 15 is 0 Å². The van der Waals surface area contributed by atoms with Crippen LogP contribution in [0.4, 0.5) is 0 Å². The van der Waals surface area contributed by atoms with Gasteiger partial charge >= 0.3 is 0 Å². The van der Waals surface area contributed by atoms with Crippen molar-refractivity contribution in [3.8, 4) is 33.6 Å². The second-order valence-electron chi connectivity index (χ2n) is 13.3. The summed E-state index contributed by atoms with van der Waals surface area (Å²) in [5.41, 5.74) is 13.6. The zero-order valence-corrected chi connectivity index (χ0v) is 27.6. The number of benzene rings is 8. The topological polar surface area (TPSA) is 23.0 Å². The minimum absolute atomic E-state index is 0.889. The monoisotopic (exact) mass is 650 g/mol. The Bertz CT molecular complexity index is 3090. The van der Waals surface area contributed by atoms with E-state index in [2.05, 4.69) is 191 Å². The fraction of sp³-hybridized carbons (Fsp3) is 0. The van der Waals surface area contributed by atoms with Crippen molar-refractivity contribution < 1.29 is 4.42 Å². The summed E-state index contributed by atoms with van der Waals surface area (Å²) in [5, 5.41) is 7.23. The molecule has 51 heavy (non-hydrogen) atoms. The van der Waals surface area contributed by atoms with Crippen LogP contribution in [0.15, 0.2) is 186 Å². The first-order valence-corrected chi connectivity index (χ1v) is 17.4. The van der Waals surface area contributed by atoms with Crippen LogP contribution in [-0.2, 0) is 0 Å². The van der Waals surface area contributed by atoms with Gasteiger partial charge in [-0.1, -0.05) is 109 Å². The lowest BCUT2D eigenvalue weighted by Crippen LogP contribution is -1.93. The van der Waals surface area contributed by atoms with Gasteiger partial charge in [0.1, 0.15) is 11.2 Å². The summed E-state index contributed by atoms with van der Waals surface area (Å²) in [5.74, 6) is 0. The van der Waals surface area contributed by atoms with Crippen molar-refractivity contribution in [1.82, 2.24) is 9.13 Å². The second kappa shape index (κ2) is 10.8. The highest BCUT2D eigenvalue weighted by molar-refractivity contribution is 6.12. The first-order valence-electron chi connectivity index (χ1n) is 17.4. The van der Waals surface area contributed by atoms with Gasteiger partial charge in [0.15, 0.2) is 0 Å². The molecule has 0 N–H and O–H groups in total. The molecule has 238 valence electrons. The third-order valence-corrected chi connectivity index (χ3v) is 10.5. The van der Waals surface area contributed by atoms with E-state index < -0.39 is 0 Å². The van der Waals surface area contributed by atoms with Crippen LogP contribution < -0.4 is 0 Å². The number of nitrogens with zero attached hydrogens (tertiary/aromatic N) is 2. The molecule has 3 nitrogen and oxygen atoms in total. The predicted molar refractivity (Wildman–Crippen MR) is 213 cm³/mol. The number of furan rings is 1. The molecule has 0 amide bonds. The highest BCUT2D eigenvalue weighted by Gasteiger charge is 2.17. The van der Waals surface area contributed by atoms with Crippen LogP contribution in [0.2, 0.25) is 0 Å². The molecule has 0 fully saturated rings. The van der Waals surface area contributed by atoms with Crippen LogP contribution in [0.5, 0.6) is 0 Å². The van der Waals surface area contributed by atoms with E-state index in [1.165, 1.54) is 66.0 Å². The van der Waals surface area contributed by atoms with E-state index in [1.54, 1.807) is 0 Å². The van der Waals surface area contributed by atoms with Crippen LogP contribution in [0.3, 0.4) is 0 Å². The van der Waals surface area contributed by atoms with Gasteiger partial charge < -0.3 is 13.6 Å². The van der Waals surface area contributed by atoms with Crippen molar-refractivity contribution in [1.29, 1.82) is 0 Å². The van der Waals surface area contributed by atoms with Crippen molar-refractivity contribution in [2.24, 2.45) is 0 Å². The summed E-state index contributed by atoms with van der Waals surface area (Å²) in [4.78, 5) is 0. The van der Waals surface area contributed by atoms with Gasteiger partial charge in [-0.25, -0.2) is 0 Å². The van der Waals surface area contributed by atoms with Crippen LogP contribution in [0.25, 0.3) is 99.2 Å².